The highest BCUT2D eigenvalue weighted by Gasteiger charge is 2.06. The Morgan fingerprint density at radius 2 is 1.62 bits per heavy atom. The van der Waals surface area contributed by atoms with E-state index in [1.54, 1.807) is 24.3 Å². The number of para-hydroxylation sites is 1. The quantitative estimate of drug-likeness (QED) is 0.794. The van der Waals surface area contributed by atoms with Crippen molar-refractivity contribution in [2.45, 2.75) is 0 Å². The minimum atomic E-state index is -0.425. The first kappa shape index (κ1) is 15.1. The summed E-state index contributed by atoms with van der Waals surface area (Å²) in [5, 5.41) is 7.82. The number of benzene rings is 2. The van der Waals surface area contributed by atoms with E-state index in [1.807, 2.05) is 30.3 Å². The van der Waals surface area contributed by atoms with Crippen LogP contribution in [-0.4, -0.2) is 18.5 Å². The maximum absolute atomic E-state index is 11.7. The van der Waals surface area contributed by atoms with Crippen LogP contribution in [-0.2, 0) is 4.79 Å². The van der Waals surface area contributed by atoms with Crippen molar-refractivity contribution in [1.82, 2.24) is 5.32 Å². The fourth-order valence-electron chi connectivity index (χ4n) is 1.63. The van der Waals surface area contributed by atoms with Gasteiger partial charge in [0.05, 0.1) is 6.54 Å². The molecule has 3 N–H and O–H groups in total. The second-order valence-corrected chi connectivity index (χ2v) is 5.15. The number of carbonyl (C=O) groups excluding carboxylic acids is 2. The number of nitrogens with one attached hydrogen (secondary N) is 3. The zero-order valence-electron chi connectivity index (χ0n) is 11.1. The first-order chi connectivity index (χ1) is 10.1. The molecule has 108 valence electrons. The van der Waals surface area contributed by atoms with Gasteiger partial charge in [-0.1, -0.05) is 40.2 Å². The molecule has 0 atom stereocenters. The highest BCUT2D eigenvalue weighted by Crippen LogP contribution is 2.15. The standard InChI is InChI=1S/C15H14BrN3O2/c16-11-5-4-8-13(9-11)18-14(20)10-17-15(21)19-12-6-2-1-3-7-12/h1-9H,10H2,(H,18,20)(H2,17,19,21). The molecule has 6 heteroatoms. The van der Waals surface area contributed by atoms with Crippen LogP contribution in [0.1, 0.15) is 0 Å². The van der Waals surface area contributed by atoms with Gasteiger partial charge >= 0.3 is 6.03 Å². The maximum Gasteiger partial charge on any atom is 0.319 e. The van der Waals surface area contributed by atoms with Gasteiger partial charge in [-0.15, -0.1) is 0 Å². The molecule has 21 heavy (non-hydrogen) atoms. The molecule has 2 rings (SSSR count). The monoisotopic (exact) mass is 347 g/mol. The molecule has 0 aliphatic carbocycles. The van der Waals surface area contributed by atoms with E-state index in [0.29, 0.717) is 11.4 Å². The van der Waals surface area contributed by atoms with E-state index in [2.05, 4.69) is 31.9 Å². The average molecular weight is 348 g/mol. The molecule has 0 spiro atoms. The molecule has 5 nitrogen and oxygen atoms in total. The summed E-state index contributed by atoms with van der Waals surface area (Å²) in [5.74, 6) is -0.295. The molecule has 0 aliphatic heterocycles. The van der Waals surface area contributed by atoms with E-state index in [9.17, 15) is 9.59 Å². The van der Waals surface area contributed by atoms with Crippen molar-refractivity contribution < 1.29 is 9.59 Å². The summed E-state index contributed by atoms with van der Waals surface area (Å²) in [6.07, 6.45) is 0. The summed E-state index contributed by atoms with van der Waals surface area (Å²) in [6, 6.07) is 15.8. The number of urea groups is 1. The summed E-state index contributed by atoms with van der Waals surface area (Å²) in [4.78, 5) is 23.3. The Labute approximate surface area is 130 Å². The fourth-order valence-corrected chi connectivity index (χ4v) is 2.03. The molecule has 0 aliphatic rings. The molecule has 0 saturated heterocycles. The van der Waals surface area contributed by atoms with Gasteiger partial charge in [-0.05, 0) is 30.3 Å². The van der Waals surface area contributed by atoms with Crippen molar-refractivity contribution in [2.75, 3.05) is 17.2 Å². The smallest absolute Gasteiger partial charge is 0.319 e. The topological polar surface area (TPSA) is 70.2 Å². The molecule has 0 aromatic heterocycles. The molecule has 0 saturated carbocycles. The van der Waals surface area contributed by atoms with Crippen LogP contribution in [0.25, 0.3) is 0 Å². The first-order valence-electron chi connectivity index (χ1n) is 6.29. The second-order valence-electron chi connectivity index (χ2n) is 4.23. The predicted octanol–water partition coefficient (Wildman–Crippen LogP) is 3.21. The first-order valence-corrected chi connectivity index (χ1v) is 7.08. The highest BCUT2D eigenvalue weighted by molar-refractivity contribution is 9.10. The molecular weight excluding hydrogens is 334 g/mol. The third kappa shape index (κ3) is 5.27. The lowest BCUT2D eigenvalue weighted by Crippen LogP contribution is -2.35. The molecule has 0 bridgehead atoms. The van der Waals surface area contributed by atoms with Crippen LogP contribution in [0, 0.1) is 0 Å². The molecular formula is C15H14BrN3O2. The lowest BCUT2D eigenvalue weighted by Gasteiger charge is -2.08. The van der Waals surface area contributed by atoms with E-state index >= 15 is 0 Å². The Hall–Kier alpha value is -2.34. The van der Waals surface area contributed by atoms with Gasteiger partial charge in [0.1, 0.15) is 0 Å². The maximum atomic E-state index is 11.7. The second kappa shape index (κ2) is 7.44. The summed E-state index contributed by atoms with van der Waals surface area (Å²) < 4.78 is 0.870. The average Bonchev–Trinajstić information content (AvgIpc) is 2.46. The molecule has 2 aromatic carbocycles. The van der Waals surface area contributed by atoms with Crippen LogP contribution in [0.3, 0.4) is 0 Å². The van der Waals surface area contributed by atoms with Gasteiger partial charge in [0.25, 0.3) is 0 Å². The lowest BCUT2D eigenvalue weighted by molar-refractivity contribution is -0.115. The van der Waals surface area contributed by atoms with E-state index in [4.69, 9.17) is 0 Å². The van der Waals surface area contributed by atoms with Gasteiger partial charge < -0.3 is 16.0 Å². The number of amides is 3. The predicted molar refractivity (Wildman–Crippen MR) is 86.2 cm³/mol. The Morgan fingerprint density at radius 1 is 0.905 bits per heavy atom. The number of hydrogen-bond donors (Lipinski definition) is 3. The van der Waals surface area contributed by atoms with Crippen LogP contribution >= 0.6 is 15.9 Å². The Morgan fingerprint density at radius 3 is 2.33 bits per heavy atom. The zero-order chi connectivity index (χ0) is 15.1. The SMILES string of the molecule is O=C(CNC(=O)Nc1ccccc1)Nc1cccc(Br)c1. The van der Waals surface area contributed by atoms with Gasteiger partial charge in [-0.2, -0.15) is 0 Å². The van der Waals surface area contributed by atoms with Gasteiger partial charge in [0, 0.05) is 15.8 Å². The van der Waals surface area contributed by atoms with E-state index < -0.39 is 6.03 Å². The van der Waals surface area contributed by atoms with E-state index in [-0.39, 0.29) is 12.5 Å². The number of anilines is 2. The van der Waals surface area contributed by atoms with E-state index in [0.717, 1.165) is 4.47 Å². The largest absolute Gasteiger partial charge is 0.329 e. The van der Waals surface area contributed by atoms with Crippen LogP contribution in [0.15, 0.2) is 59.1 Å². The number of hydrogen-bond acceptors (Lipinski definition) is 2. The van der Waals surface area contributed by atoms with Gasteiger partial charge in [-0.3, -0.25) is 4.79 Å². The third-order valence-electron chi connectivity index (χ3n) is 2.55. The van der Waals surface area contributed by atoms with Gasteiger partial charge in [0.15, 0.2) is 0 Å². The Balaban J connectivity index is 1.77. The minimum absolute atomic E-state index is 0.106. The molecule has 0 heterocycles. The Bertz CT molecular complexity index is 632. The van der Waals surface area contributed by atoms with Crippen molar-refractivity contribution in [3.8, 4) is 0 Å². The number of rotatable bonds is 4. The van der Waals surface area contributed by atoms with E-state index in [1.165, 1.54) is 0 Å². The molecule has 0 radical (unpaired) electrons. The van der Waals surface area contributed by atoms with Gasteiger partial charge in [-0.25, -0.2) is 4.79 Å². The molecule has 2 aromatic rings. The summed E-state index contributed by atoms with van der Waals surface area (Å²) in [7, 11) is 0. The van der Waals surface area contributed by atoms with Gasteiger partial charge in [0.2, 0.25) is 5.91 Å². The van der Waals surface area contributed by atoms with Crippen LogP contribution in [0.5, 0.6) is 0 Å². The van der Waals surface area contributed by atoms with Crippen molar-refractivity contribution >= 4 is 39.2 Å². The number of carbonyl (C=O) groups is 2. The molecule has 3 amide bonds. The highest BCUT2D eigenvalue weighted by atomic mass is 79.9. The summed E-state index contributed by atoms with van der Waals surface area (Å²) in [5.41, 5.74) is 1.34. The number of halogens is 1. The lowest BCUT2D eigenvalue weighted by atomic mass is 10.3. The van der Waals surface area contributed by atoms with Crippen LogP contribution < -0.4 is 16.0 Å². The van der Waals surface area contributed by atoms with Crippen molar-refractivity contribution in [3.05, 3.63) is 59.1 Å². The summed E-state index contributed by atoms with van der Waals surface area (Å²) in [6.45, 7) is -0.106. The summed E-state index contributed by atoms with van der Waals surface area (Å²) >= 11 is 3.32. The third-order valence-corrected chi connectivity index (χ3v) is 3.04. The van der Waals surface area contributed by atoms with Crippen molar-refractivity contribution in [2.24, 2.45) is 0 Å². The minimum Gasteiger partial charge on any atom is -0.329 e. The van der Waals surface area contributed by atoms with Crippen molar-refractivity contribution in [1.29, 1.82) is 0 Å². The van der Waals surface area contributed by atoms with Crippen LogP contribution in [0.4, 0.5) is 16.2 Å². The van der Waals surface area contributed by atoms with Crippen molar-refractivity contribution in [3.63, 3.8) is 0 Å². The fraction of sp³-hybridized carbons (Fsp3) is 0.0667. The zero-order valence-corrected chi connectivity index (χ0v) is 12.7. The Kier molecular flexibility index (Phi) is 5.34. The normalized spacial score (nSPS) is 9.76. The molecule has 0 fully saturated rings. The van der Waals surface area contributed by atoms with Crippen LogP contribution in [0.2, 0.25) is 0 Å². The molecule has 0 unspecified atom stereocenters.